The third kappa shape index (κ3) is 6.54. The molecule has 0 aromatic carbocycles. The second-order valence-electron chi connectivity index (χ2n) is 2.95. The van der Waals surface area contributed by atoms with Crippen LogP contribution in [0.5, 0.6) is 0 Å². The monoisotopic (exact) mass is 178 g/mol. The lowest BCUT2D eigenvalue weighted by molar-refractivity contribution is 0.0376. The van der Waals surface area contributed by atoms with E-state index in [0.717, 1.165) is 6.42 Å². The Kier molecular flexibility index (Phi) is 7.39. The molecule has 0 heterocycles. The van der Waals surface area contributed by atoms with Crippen LogP contribution in [0.25, 0.3) is 0 Å². The molecule has 2 atom stereocenters. The fourth-order valence-electron chi connectivity index (χ4n) is 0.998. The summed E-state index contributed by atoms with van der Waals surface area (Å²) in [5, 5.41) is 35.0. The molecule has 0 spiro atoms. The number of unbranched alkanes of at least 4 members (excludes halogenated alkanes) is 1. The summed E-state index contributed by atoms with van der Waals surface area (Å²) in [6.45, 7) is -0.174. The molecule has 0 saturated heterocycles. The highest BCUT2D eigenvalue weighted by molar-refractivity contribution is 4.62. The van der Waals surface area contributed by atoms with Gasteiger partial charge in [0.2, 0.25) is 0 Å². The topological polar surface area (TPSA) is 80.9 Å². The van der Waals surface area contributed by atoms with Gasteiger partial charge >= 0.3 is 0 Å². The SMILES string of the molecule is OCCCCC(O)CC(O)CO. The van der Waals surface area contributed by atoms with Gasteiger partial charge in [0.05, 0.1) is 18.8 Å². The van der Waals surface area contributed by atoms with E-state index in [-0.39, 0.29) is 19.6 Å². The van der Waals surface area contributed by atoms with E-state index >= 15 is 0 Å². The molecule has 4 N–H and O–H groups in total. The molecule has 0 aromatic heterocycles. The zero-order valence-corrected chi connectivity index (χ0v) is 7.19. The molecule has 2 unspecified atom stereocenters. The van der Waals surface area contributed by atoms with Crippen molar-refractivity contribution < 1.29 is 20.4 Å². The molecule has 0 amide bonds. The maximum Gasteiger partial charge on any atom is 0.0795 e. The van der Waals surface area contributed by atoms with Gasteiger partial charge in [0, 0.05) is 13.0 Å². The van der Waals surface area contributed by atoms with Crippen LogP contribution in [0.2, 0.25) is 0 Å². The summed E-state index contributed by atoms with van der Waals surface area (Å²) in [6, 6.07) is 0. The highest BCUT2D eigenvalue weighted by atomic mass is 16.3. The second-order valence-corrected chi connectivity index (χ2v) is 2.95. The number of hydrogen-bond acceptors (Lipinski definition) is 4. The van der Waals surface area contributed by atoms with Crippen LogP contribution < -0.4 is 0 Å². The third-order valence-corrected chi connectivity index (χ3v) is 1.70. The molecule has 12 heavy (non-hydrogen) atoms. The van der Waals surface area contributed by atoms with E-state index in [1.807, 2.05) is 0 Å². The molecular weight excluding hydrogens is 160 g/mol. The lowest BCUT2D eigenvalue weighted by atomic mass is 10.1. The minimum Gasteiger partial charge on any atom is -0.396 e. The van der Waals surface area contributed by atoms with Gasteiger partial charge in [0.1, 0.15) is 0 Å². The van der Waals surface area contributed by atoms with Gasteiger partial charge in [-0.1, -0.05) is 0 Å². The third-order valence-electron chi connectivity index (χ3n) is 1.70. The Bertz CT molecular complexity index is 97.1. The molecule has 74 valence electrons. The van der Waals surface area contributed by atoms with Crippen LogP contribution in [0, 0.1) is 0 Å². The summed E-state index contributed by atoms with van der Waals surface area (Å²) < 4.78 is 0. The van der Waals surface area contributed by atoms with Crippen LogP contribution in [-0.2, 0) is 0 Å². The predicted octanol–water partition coefficient (Wildman–Crippen LogP) is -0.747. The average molecular weight is 178 g/mol. The van der Waals surface area contributed by atoms with Crippen LogP contribution in [0.15, 0.2) is 0 Å². The predicted molar refractivity (Wildman–Crippen MR) is 44.7 cm³/mol. The van der Waals surface area contributed by atoms with Crippen molar-refractivity contribution in [3.05, 3.63) is 0 Å². The Labute approximate surface area is 72.5 Å². The molecule has 0 aliphatic rings. The highest BCUT2D eigenvalue weighted by Gasteiger charge is 2.09. The molecule has 0 aliphatic heterocycles. The number of rotatable bonds is 7. The maximum atomic E-state index is 9.22. The van der Waals surface area contributed by atoms with Crippen LogP contribution in [0.1, 0.15) is 25.7 Å². The summed E-state index contributed by atoms with van der Waals surface area (Å²) in [6.07, 6.45) is 0.801. The van der Waals surface area contributed by atoms with E-state index < -0.39 is 12.2 Å². The van der Waals surface area contributed by atoms with E-state index in [0.29, 0.717) is 12.8 Å². The number of hydrogen-bond donors (Lipinski definition) is 4. The number of aliphatic hydroxyl groups excluding tert-OH is 4. The zero-order valence-electron chi connectivity index (χ0n) is 7.19. The lowest BCUT2D eigenvalue weighted by Gasteiger charge is -2.12. The van der Waals surface area contributed by atoms with Gasteiger partial charge in [-0.3, -0.25) is 0 Å². The maximum absolute atomic E-state index is 9.22. The second kappa shape index (κ2) is 7.49. The van der Waals surface area contributed by atoms with Crippen LogP contribution in [-0.4, -0.2) is 45.8 Å². The van der Waals surface area contributed by atoms with Crippen LogP contribution in [0.3, 0.4) is 0 Å². The Morgan fingerprint density at radius 2 is 1.58 bits per heavy atom. The van der Waals surface area contributed by atoms with Crippen molar-refractivity contribution in [1.29, 1.82) is 0 Å². The summed E-state index contributed by atoms with van der Waals surface area (Å²) in [7, 11) is 0. The molecule has 0 rings (SSSR count). The molecular formula is C8H18O4. The standard InChI is InChI=1S/C8H18O4/c9-4-2-1-3-7(11)5-8(12)6-10/h7-12H,1-6H2. The lowest BCUT2D eigenvalue weighted by Crippen LogP contribution is -2.20. The van der Waals surface area contributed by atoms with Crippen molar-refractivity contribution >= 4 is 0 Å². The summed E-state index contributed by atoms with van der Waals surface area (Å²) in [5.41, 5.74) is 0. The highest BCUT2D eigenvalue weighted by Crippen LogP contribution is 2.06. The van der Waals surface area contributed by atoms with Crippen LogP contribution in [0.4, 0.5) is 0 Å². The van der Waals surface area contributed by atoms with Crippen molar-refractivity contribution in [1.82, 2.24) is 0 Å². The van der Waals surface area contributed by atoms with Crippen LogP contribution >= 0.6 is 0 Å². The quantitative estimate of drug-likeness (QED) is 0.387. The first-order valence-corrected chi connectivity index (χ1v) is 4.28. The van der Waals surface area contributed by atoms with E-state index in [4.69, 9.17) is 15.3 Å². The molecule has 0 fully saturated rings. The van der Waals surface area contributed by atoms with Crippen molar-refractivity contribution in [2.75, 3.05) is 13.2 Å². The molecule has 4 heteroatoms. The first-order valence-electron chi connectivity index (χ1n) is 4.28. The Hall–Kier alpha value is -0.160. The molecule has 0 bridgehead atoms. The summed E-state index contributed by atoms with van der Waals surface area (Å²) in [5.74, 6) is 0. The first kappa shape index (κ1) is 11.8. The van der Waals surface area contributed by atoms with Gasteiger partial charge in [-0.2, -0.15) is 0 Å². The fraction of sp³-hybridized carbons (Fsp3) is 1.00. The van der Waals surface area contributed by atoms with Crippen molar-refractivity contribution in [3.63, 3.8) is 0 Å². The van der Waals surface area contributed by atoms with Gasteiger partial charge < -0.3 is 20.4 Å². The van der Waals surface area contributed by atoms with E-state index in [2.05, 4.69) is 0 Å². The van der Waals surface area contributed by atoms with Gasteiger partial charge in [-0.15, -0.1) is 0 Å². The van der Waals surface area contributed by atoms with Gasteiger partial charge in [0.25, 0.3) is 0 Å². The Balaban J connectivity index is 3.26. The van der Waals surface area contributed by atoms with E-state index in [1.54, 1.807) is 0 Å². The van der Waals surface area contributed by atoms with Crippen molar-refractivity contribution in [3.8, 4) is 0 Å². The summed E-state index contributed by atoms with van der Waals surface area (Å²) >= 11 is 0. The minimum atomic E-state index is -0.825. The Morgan fingerprint density at radius 3 is 2.08 bits per heavy atom. The molecule has 0 aliphatic carbocycles. The van der Waals surface area contributed by atoms with Crippen molar-refractivity contribution in [2.45, 2.75) is 37.9 Å². The molecule has 0 saturated carbocycles. The molecule has 0 aromatic rings. The van der Waals surface area contributed by atoms with E-state index in [9.17, 15) is 5.11 Å². The minimum absolute atomic E-state index is 0.134. The van der Waals surface area contributed by atoms with E-state index in [1.165, 1.54) is 0 Å². The Morgan fingerprint density at radius 1 is 0.917 bits per heavy atom. The van der Waals surface area contributed by atoms with Gasteiger partial charge in [-0.25, -0.2) is 0 Å². The van der Waals surface area contributed by atoms with Crippen molar-refractivity contribution in [2.24, 2.45) is 0 Å². The normalized spacial score (nSPS) is 16.0. The fourth-order valence-corrected chi connectivity index (χ4v) is 0.998. The smallest absolute Gasteiger partial charge is 0.0795 e. The molecule has 4 nitrogen and oxygen atoms in total. The largest absolute Gasteiger partial charge is 0.396 e. The molecule has 0 radical (unpaired) electrons. The van der Waals surface area contributed by atoms with Gasteiger partial charge in [-0.05, 0) is 19.3 Å². The average Bonchev–Trinajstić information content (AvgIpc) is 2.05. The first-order chi connectivity index (χ1) is 5.70. The zero-order chi connectivity index (χ0) is 9.40. The number of aliphatic hydroxyl groups is 4. The summed E-state index contributed by atoms with van der Waals surface area (Å²) in [4.78, 5) is 0. The van der Waals surface area contributed by atoms with Gasteiger partial charge in [0.15, 0.2) is 0 Å².